The summed E-state index contributed by atoms with van der Waals surface area (Å²) in [6, 6.07) is 0. The Kier molecular flexibility index (Phi) is 5.93. The summed E-state index contributed by atoms with van der Waals surface area (Å²) in [6.07, 6.45) is 2.81. The zero-order chi connectivity index (χ0) is 10.7. The smallest absolute Gasteiger partial charge is 0.307 e. The fourth-order valence-electron chi connectivity index (χ4n) is 2.20. The highest BCUT2D eigenvalue weighted by Gasteiger charge is 2.38. The van der Waals surface area contributed by atoms with E-state index >= 15 is 0 Å². The van der Waals surface area contributed by atoms with Gasteiger partial charge in [-0.05, 0) is 25.2 Å². The maximum atomic E-state index is 10.9. The standard InChI is InChI=1S/C10H16O4.Al/c1-2-6-3-4-7(9(11)12)8(5-6)10(13)14;/h6-8H,2-5H2,1H3,(H,11,12)(H,13,14);. The lowest BCUT2D eigenvalue weighted by atomic mass is 9.73. The van der Waals surface area contributed by atoms with Crippen LogP contribution in [-0.4, -0.2) is 39.5 Å². The van der Waals surface area contributed by atoms with Crippen molar-refractivity contribution in [3.05, 3.63) is 0 Å². The molecule has 0 amide bonds. The Hall–Kier alpha value is -0.528. The molecule has 1 saturated carbocycles. The van der Waals surface area contributed by atoms with Crippen molar-refractivity contribution in [1.82, 2.24) is 0 Å². The second-order valence-corrected chi connectivity index (χ2v) is 3.98. The van der Waals surface area contributed by atoms with Crippen LogP contribution in [0.1, 0.15) is 32.6 Å². The second kappa shape index (κ2) is 6.14. The minimum atomic E-state index is -0.966. The van der Waals surface area contributed by atoms with Crippen LogP contribution in [0, 0.1) is 17.8 Å². The van der Waals surface area contributed by atoms with Gasteiger partial charge < -0.3 is 10.2 Å². The van der Waals surface area contributed by atoms with E-state index in [0.29, 0.717) is 18.8 Å². The van der Waals surface area contributed by atoms with Gasteiger partial charge in [0.25, 0.3) is 0 Å². The van der Waals surface area contributed by atoms with Crippen LogP contribution in [0.15, 0.2) is 0 Å². The maximum absolute atomic E-state index is 10.9. The average Bonchev–Trinajstić information content (AvgIpc) is 2.16. The Bertz CT molecular complexity index is 242. The number of carbonyl (C=O) groups is 2. The Labute approximate surface area is 99.8 Å². The van der Waals surface area contributed by atoms with Gasteiger partial charge in [0.2, 0.25) is 0 Å². The first-order chi connectivity index (χ1) is 6.56. The van der Waals surface area contributed by atoms with Gasteiger partial charge in [0, 0.05) is 17.4 Å². The maximum Gasteiger partial charge on any atom is 0.307 e. The Morgan fingerprint density at radius 2 is 1.67 bits per heavy atom. The molecule has 0 aromatic carbocycles. The molecule has 3 radical (unpaired) electrons. The summed E-state index contributed by atoms with van der Waals surface area (Å²) >= 11 is 0. The highest BCUT2D eigenvalue weighted by Crippen LogP contribution is 2.35. The van der Waals surface area contributed by atoms with Crippen LogP contribution in [0.3, 0.4) is 0 Å². The van der Waals surface area contributed by atoms with E-state index in [1.807, 2.05) is 6.92 Å². The highest BCUT2D eigenvalue weighted by molar-refractivity contribution is 5.80. The lowest BCUT2D eigenvalue weighted by Gasteiger charge is -2.30. The van der Waals surface area contributed by atoms with Gasteiger partial charge in [0.05, 0.1) is 11.8 Å². The van der Waals surface area contributed by atoms with Crippen molar-refractivity contribution in [2.24, 2.45) is 17.8 Å². The molecular weight excluding hydrogens is 211 g/mol. The van der Waals surface area contributed by atoms with Crippen LogP contribution < -0.4 is 0 Å². The molecule has 1 fully saturated rings. The van der Waals surface area contributed by atoms with E-state index in [-0.39, 0.29) is 17.4 Å². The van der Waals surface area contributed by atoms with E-state index in [2.05, 4.69) is 0 Å². The van der Waals surface area contributed by atoms with Crippen molar-refractivity contribution in [3.8, 4) is 0 Å². The summed E-state index contributed by atoms with van der Waals surface area (Å²) in [5, 5.41) is 17.8. The van der Waals surface area contributed by atoms with Crippen LogP contribution >= 0.6 is 0 Å². The van der Waals surface area contributed by atoms with Crippen molar-refractivity contribution in [2.75, 3.05) is 0 Å². The van der Waals surface area contributed by atoms with E-state index < -0.39 is 23.8 Å². The fourth-order valence-corrected chi connectivity index (χ4v) is 2.20. The third-order valence-electron chi connectivity index (χ3n) is 3.17. The summed E-state index contributed by atoms with van der Waals surface area (Å²) < 4.78 is 0. The van der Waals surface area contributed by atoms with Gasteiger partial charge in [0.15, 0.2) is 0 Å². The van der Waals surface area contributed by atoms with Gasteiger partial charge in [-0.25, -0.2) is 0 Å². The molecule has 5 heteroatoms. The molecule has 1 aliphatic carbocycles. The molecule has 3 unspecified atom stereocenters. The van der Waals surface area contributed by atoms with Crippen LogP contribution in [-0.2, 0) is 9.59 Å². The first kappa shape index (κ1) is 14.5. The Morgan fingerprint density at radius 1 is 1.13 bits per heavy atom. The number of rotatable bonds is 3. The van der Waals surface area contributed by atoms with Crippen molar-refractivity contribution < 1.29 is 19.8 Å². The summed E-state index contributed by atoms with van der Waals surface area (Å²) in [6.45, 7) is 2.02. The van der Waals surface area contributed by atoms with Crippen LogP contribution in [0.25, 0.3) is 0 Å². The van der Waals surface area contributed by atoms with Crippen LogP contribution in [0.4, 0.5) is 0 Å². The van der Waals surface area contributed by atoms with E-state index in [1.54, 1.807) is 0 Å². The first-order valence-corrected chi connectivity index (χ1v) is 5.01. The highest BCUT2D eigenvalue weighted by atomic mass is 27.0. The van der Waals surface area contributed by atoms with Crippen molar-refractivity contribution in [3.63, 3.8) is 0 Å². The third-order valence-corrected chi connectivity index (χ3v) is 3.17. The molecule has 4 nitrogen and oxygen atoms in total. The fraction of sp³-hybridized carbons (Fsp3) is 0.800. The molecule has 0 spiro atoms. The van der Waals surface area contributed by atoms with Crippen molar-refractivity contribution >= 4 is 29.3 Å². The number of hydrogen-bond acceptors (Lipinski definition) is 2. The summed E-state index contributed by atoms with van der Waals surface area (Å²) in [4.78, 5) is 21.7. The monoisotopic (exact) mass is 227 g/mol. The van der Waals surface area contributed by atoms with Gasteiger partial charge in [-0.3, -0.25) is 9.59 Å². The van der Waals surface area contributed by atoms with Gasteiger partial charge in [-0.15, -0.1) is 0 Å². The van der Waals surface area contributed by atoms with Gasteiger partial charge >= 0.3 is 11.9 Å². The molecule has 15 heavy (non-hydrogen) atoms. The van der Waals surface area contributed by atoms with Crippen molar-refractivity contribution in [2.45, 2.75) is 32.6 Å². The van der Waals surface area contributed by atoms with E-state index in [0.717, 1.165) is 12.8 Å². The normalized spacial score (nSPS) is 30.3. The second-order valence-electron chi connectivity index (χ2n) is 3.98. The number of carboxylic acid groups (broad SMARTS) is 2. The zero-order valence-corrected chi connectivity index (χ0v) is 10.0. The lowest BCUT2D eigenvalue weighted by molar-refractivity contribution is -0.156. The Morgan fingerprint density at radius 3 is 2.07 bits per heavy atom. The van der Waals surface area contributed by atoms with Gasteiger partial charge in [0.1, 0.15) is 0 Å². The molecule has 1 aliphatic rings. The van der Waals surface area contributed by atoms with Gasteiger partial charge in [-0.2, -0.15) is 0 Å². The quantitative estimate of drug-likeness (QED) is 0.711. The largest absolute Gasteiger partial charge is 0.481 e. The molecule has 1 rings (SSSR count). The minimum Gasteiger partial charge on any atom is -0.481 e. The summed E-state index contributed by atoms with van der Waals surface area (Å²) in [5.74, 6) is -2.92. The van der Waals surface area contributed by atoms with Crippen LogP contribution in [0.5, 0.6) is 0 Å². The molecule has 0 aliphatic heterocycles. The SMILES string of the molecule is CCC1CCC(C(=O)O)C(C(=O)O)C1.[Al]. The van der Waals surface area contributed by atoms with E-state index in [4.69, 9.17) is 10.2 Å². The zero-order valence-electron chi connectivity index (χ0n) is 8.85. The predicted molar refractivity (Wildman–Crippen MR) is 55.6 cm³/mol. The van der Waals surface area contributed by atoms with E-state index in [1.165, 1.54) is 0 Å². The van der Waals surface area contributed by atoms with E-state index in [9.17, 15) is 9.59 Å². The molecule has 0 aromatic rings. The molecule has 0 aromatic heterocycles. The Balaban J connectivity index is 0.00000196. The van der Waals surface area contributed by atoms with Crippen molar-refractivity contribution in [1.29, 1.82) is 0 Å². The number of carboxylic acids is 2. The molecular formula is C10H16AlO4. The number of hydrogen-bond donors (Lipinski definition) is 2. The average molecular weight is 227 g/mol. The number of aliphatic carboxylic acids is 2. The molecule has 0 bridgehead atoms. The topological polar surface area (TPSA) is 74.6 Å². The molecule has 3 atom stereocenters. The molecule has 83 valence electrons. The predicted octanol–water partition coefficient (Wildman–Crippen LogP) is 1.22. The summed E-state index contributed by atoms with van der Waals surface area (Å²) in [5.41, 5.74) is 0. The van der Waals surface area contributed by atoms with Crippen LogP contribution in [0.2, 0.25) is 0 Å². The first-order valence-electron chi connectivity index (χ1n) is 5.01. The molecule has 0 saturated heterocycles. The lowest BCUT2D eigenvalue weighted by Crippen LogP contribution is -2.35. The minimum absolute atomic E-state index is 0. The summed E-state index contributed by atoms with van der Waals surface area (Å²) in [7, 11) is 0. The molecule has 0 heterocycles. The third kappa shape index (κ3) is 3.51. The molecule has 2 N–H and O–H groups in total. The van der Waals surface area contributed by atoms with Gasteiger partial charge in [-0.1, -0.05) is 13.3 Å².